The third kappa shape index (κ3) is 3.24. The van der Waals surface area contributed by atoms with Crippen molar-refractivity contribution in [1.82, 2.24) is 24.6 Å². The zero-order valence-corrected chi connectivity index (χ0v) is 14.0. The van der Waals surface area contributed by atoms with Crippen molar-refractivity contribution in [3.63, 3.8) is 0 Å². The van der Waals surface area contributed by atoms with Crippen LogP contribution in [0.5, 0.6) is 0 Å². The fraction of sp³-hybridized carbons (Fsp3) is 0.389. The minimum absolute atomic E-state index is 0.243. The first kappa shape index (κ1) is 16.1. The van der Waals surface area contributed by atoms with E-state index < -0.39 is 11.6 Å². The topological polar surface area (TPSA) is 46.8 Å². The van der Waals surface area contributed by atoms with Crippen LogP contribution in [0.4, 0.5) is 8.78 Å². The minimum Gasteiger partial charge on any atom is -0.298 e. The van der Waals surface area contributed by atoms with E-state index in [9.17, 15) is 8.78 Å². The maximum Gasteiger partial charge on any atom is 0.176 e. The first-order chi connectivity index (χ1) is 12.1. The predicted octanol–water partition coefficient (Wildman–Crippen LogP) is 3.02. The number of piperidine rings is 1. The van der Waals surface area contributed by atoms with Gasteiger partial charge >= 0.3 is 0 Å². The van der Waals surface area contributed by atoms with Gasteiger partial charge in [0.1, 0.15) is 17.2 Å². The van der Waals surface area contributed by atoms with Crippen molar-refractivity contribution in [3.05, 3.63) is 53.5 Å². The number of benzene rings is 1. The lowest BCUT2D eigenvalue weighted by Crippen LogP contribution is -2.34. The molecule has 2 aromatic heterocycles. The van der Waals surface area contributed by atoms with E-state index in [0.29, 0.717) is 12.1 Å². The van der Waals surface area contributed by atoms with Crippen molar-refractivity contribution in [1.29, 1.82) is 0 Å². The predicted molar refractivity (Wildman–Crippen MR) is 89.9 cm³/mol. The Bertz CT molecular complexity index is 887. The van der Waals surface area contributed by atoms with Crippen molar-refractivity contribution >= 4 is 11.2 Å². The third-order valence-corrected chi connectivity index (χ3v) is 4.71. The van der Waals surface area contributed by atoms with Gasteiger partial charge in [-0.25, -0.2) is 23.4 Å². The van der Waals surface area contributed by atoms with Gasteiger partial charge in [0.05, 0.1) is 5.69 Å². The molecule has 0 bridgehead atoms. The second-order valence-corrected chi connectivity index (χ2v) is 6.59. The first-order valence-corrected chi connectivity index (χ1v) is 8.41. The van der Waals surface area contributed by atoms with E-state index in [-0.39, 0.29) is 5.92 Å². The smallest absolute Gasteiger partial charge is 0.176 e. The molecule has 0 radical (unpaired) electrons. The highest BCUT2D eigenvalue weighted by atomic mass is 19.1. The quantitative estimate of drug-likeness (QED) is 0.733. The molecule has 0 amide bonds. The van der Waals surface area contributed by atoms with Crippen LogP contribution in [0.3, 0.4) is 0 Å². The summed E-state index contributed by atoms with van der Waals surface area (Å²) in [5.74, 6) is -0.823. The molecule has 7 heteroatoms. The SMILES string of the molecule is Cn1nc([C@H]2CCCN(Cc3cc(F)cc(F)c3)C2)c2nccnc21. The summed E-state index contributed by atoms with van der Waals surface area (Å²) in [6, 6.07) is 3.70. The molecule has 4 rings (SSSR count). The van der Waals surface area contributed by atoms with E-state index >= 15 is 0 Å². The van der Waals surface area contributed by atoms with Crippen molar-refractivity contribution in [3.8, 4) is 0 Å². The van der Waals surface area contributed by atoms with Gasteiger partial charge in [-0.1, -0.05) is 0 Å². The Labute approximate surface area is 144 Å². The largest absolute Gasteiger partial charge is 0.298 e. The Morgan fingerprint density at radius 1 is 1.12 bits per heavy atom. The van der Waals surface area contributed by atoms with E-state index in [2.05, 4.69) is 20.0 Å². The average Bonchev–Trinajstić information content (AvgIpc) is 2.92. The van der Waals surface area contributed by atoms with Gasteiger partial charge in [0.15, 0.2) is 5.65 Å². The van der Waals surface area contributed by atoms with Crippen LogP contribution in [0.2, 0.25) is 0 Å². The number of aryl methyl sites for hydroxylation is 1. The van der Waals surface area contributed by atoms with E-state index in [4.69, 9.17) is 0 Å². The average molecular weight is 343 g/mol. The Hall–Kier alpha value is -2.41. The maximum absolute atomic E-state index is 13.4. The zero-order chi connectivity index (χ0) is 17.4. The summed E-state index contributed by atoms with van der Waals surface area (Å²) >= 11 is 0. The number of aromatic nitrogens is 4. The molecule has 130 valence electrons. The highest BCUT2D eigenvalue weighted by Crippen LogP contribution is 2.30. The van der Waals surface area contributed by atoms with Gasteiger partial charge in [0, 0.05) is 44.5 Å². The van der Waals surface area contributed by atoms with E-state index in [1.165, 1.54) is 12.1 Å². The molecule has 0 saturated carbocycles. The van der Waals surface area contributed by atoms with Gasteiger partial charge in [0.25, 0.3) is 0 Å². The Morgan fingerprint density at radius 3 is 2.68 bits per heavy atom. The molecule has 3 heterocycles. The molecule has 0 spiro atoms. The monoisotopic (exact) mass is 343 g/mol. The number of likely N-dealkylation sites (tertiary alicyclic amines) is 1. The summed E-state index contributed by atoms with van der Waals surface area (Å²) in [6.07, 6.45) is 5.39. The van der Waals surface area contributed by atoms with Gasteiger partial charge in [-0.15, -0.1) is 0 Å². The lowest BCUT2D eigenvalue weighted by molar-refractivity contribution is 0.198. The summed E-state index contributed by atoms with van der Waals surface area (Å²) < 4.78 is 28.6. The van der Waals surface area contributed by atoms with Crippen LogP contribution in [0.15, 0.2) is 30.6 Å². The van der Waals surface area contributed by atoms with Crippen LogP contribution in [0.1, 0.15) is 30.0 Å². The summed E-state index contributed by atoms with van der Waals surface area (Å²) in [4.78, 5) is 11.0. The first-order valence-electron chi connectivity index (χ1n) is 8.41. The van der Waals surface area contributed by atoms with E-state index in [0.717, 1.165) is 48.9 Å². The molecule has 5 nitrogen and oxygen atoms in total. The molecular weight excluding hydrogens is 324 g/mol. The number of hydrogen-bond donors (Lipinski definition) is 0. The second kappa shape index (κ2) is 6.48. The van der Waals surface area contributed by atoms with Crippen molar-refractivity contribution in [2.45, 2.75) is 25.3 Å². The van der Waals surface area contributed by atoms with Crippen molar-refractivity contribution < 1.29 is 8.78 Å². The minimum atomic E-state index is -0.533. The lowest BCUT2D eigenvalue weighted by atomic mass is 9.94. The number of nitrogens with zero attached hydrogens (tertiary/aromatic N) is 5. The molecule has 0 unspecified atom stereocenters. The Kier molecular flexibility index (Phi) is 4.17. The number of fused-ring (bicyclic) bond motifs is 1. The van der Waals surface area contributed by atoms with Crippen LogP contribution in [-0.4, -0.2) is 37.7 Å². The fourth-order valence-corrected chi connectivity index (χ4v) is 3.66. The van der Waals surface area contributed by atoms with Gasteiger partial charge in [0.2, 0.25) is 0 Å². The van der Waals surface area contributed by atoms with Crippen LogP contribution in [0, 0.1) is 11.6 Å². The molecule has 25 heavy (non-hydrogen) atoms. The van der Waals surface area contributed by atoms with Gasteiger partial charge in [-0.3, -0.25) is 4.90 Å². The van der Waals surface area contributed by atoms with Crippen LogP contribution >= 0.6 is 0 Å². The maximum atomic E-state index is 13.4. The zero-order valence-electron chi connectivity index (χ0n) is 14.0. The molecule has 1 saturated heterocycles. The molecule has 3 aromatic rings. The highest BCUT2D eigenvalue weighted by Gasteiger charge is 2.26. The van der Waals surface area contributed by atoms with Gasteiger partial charge in [-0.2, -0.15) is 5.10 Å². The van der Waals surface area contributed by atoms with Crippen LogP contribution in [0.25, 0.3) is 11.2 Å². The summed E-state index contributed by atoms with van der Waals surface area (Å²) in [5.41, 5.74) is 3.24. The van der Waals surface area contributed by atoms with Gasteiger partial charge < -0.3 is 0 Å². The fourth-order valence-electron chi connectivity index (χ4n) is 3.66. The summed E-state index contributed by atoms with van der Waals surface area (Å²) in [5, 5.41) is 4.63. The standard InChI is InChI=1S/C18H19F2N5/c1-24-18-17(21-4-5-22-18)16(23-24)13-3-2-6-25(11-13)10-12-7-14(19)9-15(20)8-12/h4-5,7-9,13H,2-3,6,10-11H2,1H3/t13-/m0/s1. The molecular formula is C18H19F2N5. The molecule has 1 fully saturated rings. The Balaban J connectivity index is 1.56. The van der Waals surface area contributed by atoms with Gasteiger partial charge in [-0.05, 0) is 37.1 Å². The summed E-state index contributed by atoms with van der Waals surface area (Å²) in [7, 11) is 1.87. The summed E-state index contributed by atoms with van der Waals surface area (Å²) in [6.45, 7) is 2.23. The highest BCUT2D eigenvalue weighted by molar-refractivity contribution is 5.73. The lowest BCUT2D eigenvalue weighted by Gasteiger charge is -2.32. The van der Waals surface area contributed by atoms with E-state index in [1.54, 1.807) is 17.1 Å². The van der Waals surface area contributed by atoms with Crippen molar-refractivity contribution in [2.75, 3.05) is 13.1 Å². The second-order valence-electron chi connectivity index (χ2n) is 6.59. The molecule has 1 aliphatic rings. The molecule has 0 aliphatic carbocycles. The van der Waals surface area contributed by atoms with E-state index in [1.807, 2.05) is 7.05 Å². The number of hydrogen-bond acceptors (Lipinski definition) is 4. The number of rotatable bonds is 3. The molecule has 1 aromatic carbocycles. The molecule has 1 aliphatic heterocycles. The third-order valence-electron chi connectivity index (χ3n) is 4.71. The molecule has 0 N–H and O–H groups in total. The van der Waals surface area contributed by atoms with Crippen molar-refractivity contribution in [2.24, 2.45) is 7.05 Å². The number of halogens is 2. The Morgan fingerprint density at radius 2 is 1.88 bits per heavy atom. The van der Waals surface area contributed by atoms with Crippen LogP contribution < -0.4 is 0 Å². The van der Waals surface area contributed by atoms with Crippen LogP contribution in [-0.2, 0) is 13.6 Å². The molecule has 1 atom stereocenters. The normalized spacial score (nSPS) is 18.8.